The molecule has 0 spiro atoms. The fourth-order valence-electron chi connectivity index (χ4n) is 3.00. The molecule has 4 heterocycles. The average Bonchev–Trinajstić information content (AvgIpc) is 2.94. The van der Waals surface area contributed by atoms with E-state index in [-0.39, 0.29) is 0 Å². The van der Waals surface area contributed by atoms with Crippen molar-refractivity contribution in [1.82, 2.24) is 19.5 Å². The van der Waals surface area contributed by atoms with E-state index in [4.69, 9.17) is 4.98 Å². The van der Waals surface area contributed by atoms with E-state index >= 15 is 0 Å². The number of hydrogen-bond acceptors (Lipinski definition) is 4. The second-order valence-electron chi connectivity index (χ2n) is 5.59. The highest BCUT2D eigenvalue weighted by Crippen LogP contribution is 2.29. The molecular formula is C17H18N4S. The first-order valence-corrected chi connectivity index (χ1v) is 8.82. The van der Waals surface area contributed by atoms with Crippen LogP contribution in [-0.2, 0) is 6.42 Å². The van der Waals surface area contributed by atoms with Crippen molar-refractivity contribution in [1.29, 1.82) is 0 Å². The summed E-state index contributed by atoms with van der Waals surface area (Å²) in [7, 11) is 0. The lowest BCUT2D eigenvalue weighted by Crippen LogP contribution is -2.16. The minimum absolute atomic E-state index is 0.660. The molecule has 1 aliphatic heterocycles. The van der Waals surface area contributed by atoms with Crippen molar-refractivity contribution in [2.24, 2.45) is 0 Å². The number of rotatable bonds is 3. The Morgan fingerprint density at radius 2 is 2.05 bits per heavy atom. The van der Waals surface area contributed by atoms with Gasteiger partial charge in [-0.05, 0) is 42.9 Å². The molecule has 1 fully saturated rings. The third-order valence-corrected chi connectivity index (χ3v) is 5.45. The number of hydrogen-bond donors (Lipinski definition) is 0. The Labute approximate surface area is 134 Å². The van der Waals surface area contributed by atoms with Gasteiger partial charge in [-0.2, -0.15) is 11.8 Å². The van der Waals surface area contributed by atoms with Crippen molar-refractivity contribution in [3.63, 3.8) is 0 Å². The van der Waals surface area contributed by atoms with Gasteiger partial charge in [0, 0.05) is 24.1 Å². The molecule has 22 heavy (non-hydrogen) atoms. The van der Waals surface area contributed by atoms with Crippen molar-refractivity contribution < 1.29 is 0 Å². The molecule has 4 rings (SSSR count). The van der Waals surface area contributed by atoms with Crippen LogP contribution < -0.4 is 0 Å². The Morgan fingerprint density at radius 3 is 2.86 bits per heavy atom. The van der Waals surface area contributed by atoms with Crippen LogP contribution in [0, 0.1) is 0 Å². The van der Waals surface area contributed by atoms with Gasteiger partial charge in [0.25, 0.3) is 0 Å². The molecule has 1 unspecified atom stereocenters. The summed E-state index contributed by atoms with van der Waals surface area (Å²) >= 11 is 2.08. The fourth-order valence-corrected chi connectivity index (χ4v) is 4.30. The van der Waals surface area contributed by atoms with Gasteiger partial charge in [0.1, 0.15) is 17.2 Å². The van der Waals surface area contributed by atoms with Gasteiger partial charge >= 0.3 is 0 Å². The van der Waals surface area contributed by atoms with Gasteiger partial charge in [0.15, 0.2) is 5.65 Å². The van der Waals surface area contributed by atoms with Crippen LogP contribution in [0.2, 0.25) is 0 Å². The second kappa shape index (κ2) is 6.08. The molecule has 0 aliphatic carbocycles. The van der Waals surface area contributed by atoms with Crippen molar-refractivity contribution in [2.75, 3.05) is 5.75 Å². The van der Waals surface area contributed by atoms with Crippen LogP contribution in [0.15, 0.2) is 42.7 Å². The highest BCUT2D eigenvalue weighted by Gasteiger charge is 2.20. The lowest BCUT2D eigenvalue weighted by molar-refractivity contribution is 0.643. The van der Waals surface area contributed by atoms with Gasteiger partial charge in [0.05, 0.1) is 0 Å². The number of thioether (sulfide) groups is 1. The molecular weight excluding hydrogens is 292 g/mol. The molecule has 5 heteroatoms. The zero-order valence-corrected chi connectivity index (χ0v) is 13.2. The first-order chi connectivity index (χ1) is 10.9. The molecule has 112 valence electrons. The zero-order valence-electron chi connectivity index (χ0n) is 12.4. The predicted octanol–water partition coefficient (Wildman–Crippen LogP) is 3.64. The summed E-state index contributed by atoms with van der Waals surface area (Å²) in [5.74, 6) is 3.25. The fraction of sp³-hybridized carbons (Fsp3) is 0.353. The highest BCUT2D eigenvalue weighted by atomic mass is 32.2. The third-order valence-electron chi connectivity index (χ3n) is 4.05. The number of nitrogens with zero attached hydrogens (tertiary/aromatic N) is 4. The summed E-state index contributed by atoms with van der Waals surface area (Å²) in [4.78, 5) is 13.9. The van der Waals surface area contributed by atoms with Gasteiger partial charge in [-0.25, -0.2) is 15.0 Å². The molecule has 1 atom stereocenters. The standard InChI is InChI=1S/C17H18N4S/c1-3-9-18-15(8-1)21-16(12-13-6-2-4-11-22-13)20-14-7-5-10-19-17(14)21/h1,3,5,7-10,13H,2,4,6,11-12H2. The molecule has 3 aromatic rings. The minimum atomic E-state index is 0.660. The minimum Gasteiger partial charge on any atom is -0.264 e. The summed E-state index contributed by atoms with van der Waals surface area (Å²) in [5.41, 5.74) is 1.85. The van der Waals surface area contributed by atoms with Gasteiger partial charge in [-0.1, -0.05) is 12.5 Å². The maximum absolute atomic E-state index is 4.83. The van der Waals surface area contributed by atoms with E-state index in [0.29, 0.717) is 5.25 Å². The number of fused-ring (bicyclic) bond motifs is 1. The summed E-state index contributed by atoms with van der Waals surface area (Å²) in [5, 5.41) is 0.660. The first kappa shape index (κ1) is 13.8. The SMILES string of the molecule is c1ccc(-n2c(CC3CCCCS3)nc3cccnc32)nc1. The van der Waals surface area contributed by atoms with Crippen molar-refractivity contribution in [2.45, 2.75) is 30.9 Å². The summed E-state index contributed by atoms with van der Waals surface area (Å²) in [6.45, 7) is 0. The maximum Gasteiger partial charge on any atom is 0.165 e. The van der Waals surface area contributed by atoms with Crippen LogP contribution in [0.4, 0.5) is 0 Å². The van der Waals surface area contributed by atoms with E-state index in [1.807, 2.05) is 42.7 Å². The van der Waals surface area contributed by atoms with E-state index in [1.165, 1.54) is 25.0 Å². The largest absolute Gasteiger partial charge is 0.264 e. The number of pyridine rings is 2. The lowest BCUT2D eigenvalue weighted by Gasteiger charge is -2.21. The van der Waals surface area contributed by atoms with Crippen LogP contribution in [-0.4, -0.2) is 30.5 Å². The van der Waals surface area contributed by atoms with E-state index in [2.05, 4.69) is 26.3 Å². The molecule has 0 saturated carbocycles. The normalized spacial score (nSPS) is 18.6. The molecule has 0 bridgehead atoms. The van der Waals surface area contributed by atoms with Gasteiger partial charge < -0.3 is 0 Å². The van der Waals surface area contributed by atoms with Gasteiger partial charge in [-0.3, -0.25) is 4.57 Å². The number of imidazole rings is 1. The molecule has 4 nitrogen and oxygen atoms in total. The van der Waals surface area contributed by atoms with E-state index in [1.54, 1.807) is 0 Å². The Balaban J connectivity index is 1.79. The summed E-state index contributed by atoms with van der Waals surface area (Å²) in [6.07, 6.45) is 8.59. The van der Waals surface area contributed by atoms with E-state index in [0.717, 1.165) is 29.2 Å². The van der Waals surface area contributed by atoms with Crippen LogP contribution in [0.5, 0.6) is 0 Å². The molecule has 0 aromatic carbocycles. The Hall–Kier alpha value is -1.88. The predicted molar refractivity (Wildman–Crippen MR) is 90.5 cm³/mol. The smallest absolute Gasteiger partial charge is 0.165 e. The van der Waals surface area contributed by atoms with Crippen LogP contribution in [0.25, 0.3) is 17.0 Å². The average molecular weight is 310 g/mol. The monoisotopic (exact) mass is 310 g/mol. The van der Waals surface area contributed by atoms with Crippen LogP contribution >= 0.6 is 11.8 Å². The summed E-state index contributed by atoms with van der Waals surface area (Å²) < 4.78 is 2.12. The van der Waals surface area contributed by atoms with Gasteiger partial charge in [-0.15, -0.1) is 0 Å². The first-order valence-electron chi connectivity index (χ1n) is 7.77. The topological polar surface area (TPSA) is 43.6 Å². The van der Waals surface area contributed by atoms with Gasteiger partial charge in [0.2, 0.25) is 0 Å². The Kier molecular flexibility index (Phi) is 3.81. The van der Waals surface area contributed by atoms with Crippen molar-refractivity contribution >= 4 is 22.9 Å². The Morgan fingerprint density at radius 1 is 1.09 bits per heavy atom. The lowest BCUT2D eigenvalue weighted by atomic mass is 10.1. The van der Waals surface area contributed by atoms with E-state index < -0.39 is 0 Å². The van der Waals surface area contributed by atoms with Crippen molar-refractivity contribution in [3.05, 3.63) is 48.5 Å². The Bertz CT molecular complexity index is 763. The second-order valence-corrected chi connectivity index (χ2v) is 7.00. The zero-order chi connectivity index (χ0) is 14.8. The van der Waals surface area contributed by atoms with Crippen LogP contribution in [0.3, 0.4) is 0 Å². The molecule has 0 radical (unpaired) electrons. The van der Waals surface area contributed by atoms with Crippen LogP contribution in [0.1, 0.15) is 25.1 Å². The third kappa shape index (κ3) is 2.61. The molecule has 0 amide bonds. The number of aromatic nitrogens is 4. The molecule has 1 aliphatic rings. The van der Waals surface area contributed by atoms with Crippen molar-refractivity contribution in [3.8, 4) is 5.82 Å². The molecule has 1 saturated heterocycles. The van der Waals surface area contributed by atoms with E-state index in [9.17, 15) is 0 Å². The quantitative estimate of drug-likeness (QED) is 0.741. The maximum atomic E-state index is 4.83. The highest BCUT2D eigenvalue weighted by molar-refractivity contribution is 7.99. The molecule has 0 N–H and O–H groups in total. The molecule has 3 aromatic heterocycles. The summed E-state index contributed by atoms with van der Waals surface area (Å²) in [6, 6.07) is 9.94.